The highest BCUT2D eigenvalue weighted by molar-refractivity contribution is 5.49. The van der Waals surface area contributed by atoms with Crippen LogP contribution in [0.3, 0.4) is 0 Å². The fourth-order valence-corrected chi connectivity index (χ4v) is 5.76. The van der Waals surface area contributed by atoms with Crippen LogP contribution in [0.15, 0.2) is 12.1 Å². The average molecular weight is 346 g/mol. The molecule has 0 amide bonds. The third-order valence-electron chi connectivity index (χ3n) is 7.12. The van der Waals surface area contributed by atoms with Gasteiger partial charge in [-0.3, -0.25) is 0 Å². The predicted molar refractivity (Wildman–Crippen MR) is 103 cm³/mol. The molecule has 1 aliphatic heterocycles. The van der Waals surface area contributed by atoms with E-state index >= 15 is 0 Å². The first kappa shape index (κ1) is 18.6. The SMILES string of the molecule is CC1(C)CCC2C(C)(C)CNCCC2(C)CCc2cc(O)cc(O)c21. The lowest BCUT2D eigenvalue weighted by atomic mass is 9.59. The molecular formula is C22H35NO2. The first-order chi connectivity index (χ1) is 11.6. The Bertz CT molecular complexity index is 650. The maximum atomic E-state index is 10.6. The molecule has 1 aromatic rings. The monoisotopic (exact) mass is 345 g/mol. The summed E-state index contributed by atoms with van der Waals surface area (Å²) in [6, 6.07) is 3.38. The van der Waals surface area contributed by atoms with Gasteiger partial charge in [-0.25, -0.2) is 0 Å². The Morgan fingerprint density at radius 1 is 1.00 bits per heavy atom. The van der Waals surface area contributed by atoms with Crippen molar-refractivity contribution in [3.05, 3.63) is 23.3 Å². The van der Waals surface area contributed by atoms with Crippen LogP contribution >= 0.6 is 0 Å². The van der Waals surface area contributed by atoms with E-state index in [1.54, 1.807) is 0 Å². The molecule has 1 aromatic carbocycles. The molecule has 1 heterocycles. The number of nitrogens with one attached hydrogen (secondary N) is 1. The smallest absolute Gasteiger partial charge is 0.123 e. The van der Waals surface area contributed by atoms with Crippen molar-refractivity contribution < 1.29 is 10.2 Å². The lowest BCUT2D eigenvalue weighted by Crippen LogP contribution is -2.40. The molecule has 3 rings (SSSR count). The van der Waals surface area contributed by atoms with Gasteiger partial charge in [-0.15, -0.1) is 0 Å². The molecule has 3 nitrogen and oxygen atoms in total. The van der Waals surface area contributed by atoms with Crippen molar-refractivity contribution in [3.8, 4) is 11.5 Å². The normalized spacial score (nSPS) is 31.6. The lowest BCUT2D eigenvalue weighted by molar-refractivity contribution is 0.0512. The fraction of sp³-hybridized carbons (Fsp3) is 0.727. The predicted octanol–water partition coefficient (Wildman–Crippen LogP) is 4.74. The Morgan fingerprint density at radius 2 is 1.72 bits per heavy atom. The van der Waals surface area contributed by atoms with Crippen molar-refractivity contribution in [1.29, 1.82) is 0 Å². The van der Waals surface area contributed by atoms with Crippen LogP contribution in [-0.4, -0.2) is 23.3 Å². The van der Waals surface area contributed by atoms with Gasteiger partial charge in [0.05, 0.1) is 0 Å². The molecule has 0 radical (unpaired) electrons. The number of rotatable bonds is 0. The number of aromatic hydroxyl groups is 2. The molecule has 2 unspecified atom stereocenters. The minimum absolute atomic E-state index is 0.0891. The van der Waals surface area contributed by atoms with E-state index in [9.17, 15) is 10.2 Å². The van der Waals surface area contributed by atoms with E-state index < -0.39 is 0 Å². The number of phenolic OH excluding ortho intramolecular Hbond substituents is 2. The first-order valence-corrected chi connectivity index (χ1v) is 9.81. The standard InChI is InChI=1S/C22H35NO2/c1-20(2)8-7-18-21(3,4)14-23-11-10-22(18,5)9-6-15-12-16(24)13-17(25)19(15)20/h12-13,18,23-25H,6-11,14H2,1-5H3. The quantitative estimate of drug-likeness (QED) is 0.636. The lowest BCUT2D eigenvalue weighted by Gasteiger charge is -2.45. The Morgan fingerprint density at radius 3 is 2.44 bits per heavy atom. The van der Waals surface area contributed by atoms with Gasteiger partial charge in [-0.1, -0.05) is 34.6 Å². The maximum Gasteiger partial charge on any atom is 0.123 e. The zero-order valence-corrected chi connectivity index (χ0v) is 16.6. The average Bonchev–Trinajstić information content (AvgIpc) is 2.55. The summed E-state index contributed by atoms with van der Waals surface area (Å²) in [6.07, 6.45) is 5.46. The molecule has 0 bridgehead atoms. The molecule has 25 heavy (non-hydrogen) atoms. The molecule has 0 aromatic heterocycles. The second-order valence-electron chi connectivity index (χ2n) is 10.0. The molecule has 1 aliphatic carbocycles. The topological polar surface area (TPSA) is 52.5 Å². The summed E-state index contributed by atoms with van der Waals surface area (Å²) < 4.78 is 0. The molecule has 2 atom stereocenters. The van der Waals surface area contributed by atoms with Crippen LogP contribution in [0.4, 0.5) is 0 Å². The zero-order chi connectivity index (χ0) is 18.5. The summed E-state index contributed by atoms with van der Waals surface area (Å²) in [5.74, 6) is 1.09. The van der Waals surface area contributed by atoms with Crippen LogP contribution < -0.4 is 5.32 Å². The van der Waals surface area contributed by atoms with Crippen molar-refractivity contribution in [3.63, 3.8) is 0 Å². The van der Waals surface area contributed by atoms with Gasteiger partial charge in [0, 0.05) is 18.2 Å². The minimum atomic E-state index is -0.0891. The van der Waals surface area contributed by atoms with E-state index in [4.69, 9.17) is 0 Å². The summed E-state index contributed by atoms with van der Waals surface area (Å²) in [6.45, 7) is 13.9. The van der Waals surface area contributed by atoms with E-state index in [2.05, 4.69) is 39.9 Å². The van der Waals surface area contributed by atoms with Crippen molar-refractivity contribution in [2.45, 2.75) is 72.1 Å². The third-order valence-corrected chi connectivity index (χ3v) is 7.12. The molecule has 0 spiro atoms. The van der Waals surface area contributed by atoms with Crippen LogP contribution in [0.25, 0.3) is 0 Å². The highest BCUT2D eigenvalue weighted by Crippen LogP contribution is 2.53. The van der Waals surface area contributed by atoms with Crippen molar-refractivity contribution in [2.75, 3.05) is 13.1 Å². The largest absolute Gasteiger partial charge is 0.508 e. The highest BCUT2D eigenvalue weighted by Gasteiger charge is 2.46. The Labute approximate surface area is 152 Å². The van der Waals surface area contributed by atoms with Crippen LogP contribution in [-0.2, 0) is 11.8 Å². The van der Waals surface area contributed by atoms with Gasteiger partial charge >= 0.3 is 0 Å². The summed E-state index contributed by atoms with van der Waals surface area (Å²) in [5, 5.41) is 24.3. The molecule has 2 aliphatic rings. The minimum Gasteiger partial charge on any atom is -0.508 e. The molecule has 3 N–H and O–H groups in total. The molecule has 0 saturated carbocycles. The first-order valence-electron chi connectivity index (χ1n) is 9.81. The number of phenols is 2. The maximum absolute atomic E-state index is 10.6. The molecular weight excluding hydrogens is 310 g/mol. The summed E-state index contributed by atoms with van der Waals surface area (Å²) >= 11 is 0. The van der Waals surface area contributed by atoms with E-state index in [-0.39, 0.29) is 27.7 Å². The molecule has 1 saturated heterocycles. The van der Waals surface area contributed by atoms with Crippen molar-refractivity contribution >= 4 is 0 Å². The second-order valence-corrected chi connectivity index (χ2v) is 10.0. The van der Waals surface area contributed by atoms with Crippen molar-refractivity contribution in [1.82, 2.24) is 5.32 Å². The zero-order valence-electron chi connectivity index (χ0n) is 16.6. The van der Waals surface area contributed by atoms with Gasteiger partial charge in [-0.05, 0) is 72.4 Å². The highest BCUT2D eigenvalue weighted by atomic mass is 16.3. The van der Waals surface area contributed by atoms with Gasteiger partial charge in [-0.2, -0.15) is 0 Å². The fourth-order valence-electron chi connectivity index (χ4n) is 5.76. The van der Waals surface area contributed by atoms with E-state index in [0.29, 0.717) is 5.92 Å². The number of fused-ring (bicyclic) bond motifs is 2. The van der Waals surface area contributed by atoms with Crippen LogP contribution in [0.5, 0.6) is 11.5 Å². The number of hydrogen-bond donors (Lipinski definition) is 3. The van der Waals surface area contributed by atoms with E-state index in [1.165, 1.54) is 18.9 Å². The van der Waals surface area contributed by atoms with Crippen LogP contribution in [0.1, 0.15) is 71.4 Å². The van der Waals surface area contributed by atoms with E-state index in [0.717, 1.165) is 43.5 Å². The van der Waals surface area contributed by atoms with E-state index in [1.807, 2.05) is 6.07 Å². The molecule has 1 fully saturated rings. The third kappa shape index (κ3) is 3.40. The second kappa shape index (κ2) is 6.19. The van der Waals surface area contributed by atoms with Crippen LogP contribution in [0, 0.1) is 16.7 Å². The molecule has 140 valence electrons. The van der Waals surface area contributed by atoms with Gasteiger partial charge in [0.15, 0.2) is 0 Å². The van der Waals surface area contributed by atoms with Gasteiger partial charge in [0.25, 0.3) is 0 Å². The Balaban J connectivity index is 2.08. The Hall–Kier alpha value is -1.22. The van der Waals surface area contributed by atoms with Gasteiger partial charge in [0.2, 0.25) is 0 Å². The van der Waals surface area contributed by atoms with Crippen molar-refractivity contribution in [2.24, 2.45) is 16.7 Å². The number of hydrogen-bond acceptors (Lipinski definition) is 3. The summed E-state index contributed by atoms with van der Waals surface area (Å²) in [7, 11) is 0. The molecule has 3 heteroatoms. The summed E-state index contributed by atoms with van der Waals surface area (Å²) in [5.41, 5.74) is 2.63. The number of benzene rings is 1. The summed E-state index contributed by atoms with van der Waals surface area (Å²) in [4.78, 5) is 0. The number of aryl methyl sites for hydroxylation is 1. The Kier molecular flexibility index (Phi) is 4.60. The van der Waals surface area contributed by atoms with Crippen LogP contribution in [0.2, 0.25) is 0 Å². The van der Waals surface area contributed by atoms with Gasteiger partial charge < -0.3 is 15.5 Å². The van der Waals surface area contributed by atoms with Gasteiger partial charge in [0.1, 0.15) is 11.5 Å².